The van der Waals surface area contributed by atoms with Gasteiger partial charge < -0.3 is 14.3 Å². The first-order valence-electron chi connectivity index (χ1n) is 10.9. The van der Waals surface area contributed by atoms with Crippen LogP contribution in [0.25, 0.3) is 33.8 Å². The third-order valence-corrected chi connectivity index (χ3v) is 5.30. The molecule has 0 unspecified atom stereocenters. The number of unbranched alkanes of at least 4 members (excludes halogenated alkanes) is 1. The lowest BCUT2D eigenvalue weighted by Gasteiger charge is -2.07. The van der Waals surface area contributed by atoms with E-state index in [4.69, 9.17) is 14.1 Å². The average molecular weight is 443 g/mol. The van der Waals surface area contributed by atoms with Gasteiger partial charge in [0.05, 0.1) is 7.11 Å². The molecule has 1 amide bonds. The highest BCUT2D eigenvalue weighted by molar-refractivity contribution is 5.93. The van der Waals surface area contributed by atoms with E-state index in [1.165, 1.54) is 0 Å². The molecule has 168 valence electrons. The number of methoxy groups -OCH3 is 1. The van der Waals surface area contributed by atoms with Gasteiger partial charge in [-0.3, -0.25) is 10.1 Å². The molecular formula is C27H26N2O4. The van der Waals surface area contributed by atoms with E-state index in [1.54, 1.807) is 25.3 Å². The van der Waals surface area contributed by atoms with Crippen molar-refractivity contribution in [3.63, 3.8) is 0 Å². The molecular weight excluding hydrogens is 416 g/mol. The highest BCUT2D eigenvalue weighted by Gasteiger charge is 2.21. The number of phenolic OH excluding ortho intramolecular Hbond substituents is 1. The van der Waals surface area contributed by atoms with Crippen LogP contribution in [0.15, 0.2) is 77.2 Å². The highest BCUT2D eigenvalue weighted by Crippen LogP contribution is 2.38. The monoisotopic (exact) mass is 442 g/mol. The molecule has 1 aromatic heterocycles. The van der Waals surface area contributed by atoms with Gasteiger partial charge in [0.2, 0.25) is 17.7 Å². The number of hydrogen-bond acceptors (Lipinski definition) is 5. The number of nitrogens with one attached hydrogen (secondary N) is 1. The lowest BCUT2D eigenvalue weighted by Crippen LogP contribution is -2.11. The molecule has 3 aromatic carbocycles. The summed E-state index contributed by atoms with van der Waals surface area (Å²) in [7, 11) is 1.60. The van der Waals surface area contributed by atoms with Gasteiger partial charge in [0.25, 0.3) is 0 Å². The second-order valence-corrected chi connectivity index (χ2v) is 7.68. The number of aromatic hydroxyl groups is 1. The third kappa shape index (κ3) is 5.06. The van der Waals surface area contributed by atoms with Gasteiger partial charge in [0.1, 0.15) is 17.2 Å². The normalized spacial score (nSPS) is 10.7. The standard InChI is InChI=1S/C27H26N2O4/c1-3-4-15-24(31)28-27-25(19-10-8-12-21(17-19)32-2)29-26(33-27)23-14-6-5-13-22(23)18-9-7-11-20(30)16-18/h5-14,16-17,30H,3-4,15H2,1-2H3,(H,28,31). The van der Waals surface area contributed by atoms with Crippen molar-refractivity contribution in [1.29, 1.82) is 0 Å². The predicted octanol–water partition coefficient (Wildman–Crippen LogP) is 6.52. The number of ether oxygens (including phenoxy) is 1. The third-order valence-electron chi connectivity index (χ3n) is 5.30. The lowest BCUT2D eigenvalue weighted by atomic mass is 9.99. The van der Waals surface area contributed by atoms with Crippen molar-refractivity contribution >= 4 is 11.8 Å². The van der Waals surface area contributed by atoms with Gasteiger partial charge in [0.15, 0.2) is 0 Å². The number of phenols is 1. The maximum atomic E-state index is 12.5. The van der Waals surface area contributed by atoms with Crippen LogP contribution in [0.1, 0.15) is 26.2 Å². The lowest BCUT2D eigenvalue weighted by molar-refractivity contribution is -0.116. The molecule has 6 heteroatoms. The largest absolute Gasteiger partial charge is 0.508 e. The minimum absolute atomic E-state index is 0.120. The summed E-state index contributed by atoms with van der Waals surface area (Å²) in [5, 5.41) is 12.8. The number of amides is 1. The summed E-state index contributed by atoms with van der Waals surface area (Å²) < 4.78 is 11.5. The summed E-state index contributed by atoms with van der Waals surface area (Å²) >= 11 is 0. The van der Waals surface area contributed by atoms with E-state index < -0.39 is 0 Å². The smallest absolute Gasteiger partial charge is 0.229 e. The number of hydrogen-bond donors (Lipinski definition) is 2. The van der Waals surface area contributed by atoms with E-state index in [2.05, 4.69) is 5.32 Å². The maximum Gasteiger partial charge on any atom is 0.229 e. The Morgan fingerprint density at radius 3 is 2.52 bits per heavy atom. The quantitative estimate of drug-likeness (QED) is 0.325. The second-order valence-electron chi connectivity index (χ2n) is 7.68. The van der Waals surface area contributed by atoms with Crippen LogP contribution < -0.4 is 10.1 Å². The van der Waals surface area contributed by atoms with Gasteiger partial charge in [-0.1, -0.05) is 55.8 Å². The van der Waals surface area contributed by atoms with E-state index in [1.807, 2.05) is 61.5 Å². The predicted molar refractivity (Wildman–Crippen MR) is 129 cm³/mol. The van der Waals surface area contributed by atoms with Crippen LogP contribution in [0.5, 0.6) is 11.5 Å². The minimum atomic E-state index is -0.120. The van der Waals surface area contributed by atoms with E-state index in [-0.39, 0.29) is 11.7 Å². The zero-order valence-electron chi connectivity index (χ0n) is 18.7. The molecule has 33 heavy (non-hydrogen) atoms. The number of carbonyl (C=O) groups is 1. The van der Waals surface area contributed by atoms with Crippen molar-refractivity contribution < 1.29 is 19.1 Å². The summed E-state index contributed by atoms with van der Waals surface area (Å²) in [5.74, 6) is 1.41. The molecule has 0 spiro atoms. The van der Waals surface area contributed by atoms with Crippen LogP contribution in [0.2, 0.25) is 0 Å². The summed E-state index contributed by atoms with van der Waals surface area (Å²) in [5.41, 5.74) is 3.74. The van der Waals surface area contributed by atoms with Gasteiger partial charge in [-0.05, 0) is 47.9 Å². The minimum Gasteiger partial charge on any atom is -0.508 e. The van der Waals surface area contributed by atoms with Gasteiger partial charge >= 0.3 is 0 Å². The van der Waals surface area contributed by atoms with Crippen LogP contribution in [0, 0.1) is 0 Å². The number of anilines is 1. The number of rotatable bonds is 8. The molecule has 6 nitrogen and oxygen atoms in total. The van der Waals surface area contributed by atoms with Gasteiger partial charge in [-0.2, -0.15) is 0 Å². The number of oxazole rings is 1. The van der Waals surface area contributed by atoms with Crippen LogP contribution in [0.4, 0.5) is 5.88 Å². The van der Waals surface area contributed by atoms with E-state index >= 15 is 0 Å². The molecule has 4 rings (SSSR count). The van der Waals surface area contributed by atoms with Crippen molar-refractivity contribution in [2.45, 2.75) is 26.2 Å². The number of aromatic nitrogens is 1. The summed E-state index contributed by atoms with van der Waals surface area (Å²) in [6.07, 6.45) is 2.13. The Bertz CT molecular complexity index is 1260. The van der Waals surface area contributed by atoms with Crippen molar-refractivity contribution in [3.8, 4) is 45.3 Å². The van der Waals surface area contributed by atoms with Crippen LogP contribution in [-0.2, 0) is 4.79 Å². The molecule has 0 saturated heterocycles. The topological polar surface area (TPSA) is 84.6 Å². The first-order valence-corrected chi connectivity index (χ1v) is 10.9. The van der Waals surface area contributed by atoms with Crippen LogP contribution in [0.3, 0.4) is 0 Å². The average Bonchev–Trinajstić information content (AvgIpc) is 3.26. The summed E-state index contributed by atoms with van der Waals surface area (Å²) in [4.78, 5) is 17.3. The zero-order valence-corrected chi connectivity index (χ0v) is 18.7. The SMILES string of the molecule is CCCCC(=O)Nc1oc(-c2ccccc2-c2cccc(O)c2)nc1-c1cccc(OC)c1. The van der Waals surface area contributed by atoms with E-state index in [0.717, 1.165) is 35.1 Å². The fraction of sp³-hybridized carbons (Fsp3) is 0.185. The molecule has 0 bridgehead atoms. The van der Waals surface area contributed by atoms with Crippen molar-refractivity contribution in [2.24, 2.45) is 0 Å². The fourth-order valence-electron chi connectivity index (χ4n) is 3.61. The van der Waals surface area contributed by atoms with Gasteiger partial charge in [-0.25, -0.2) is 4.98 Å². The molecule has 4 aromatic rings. The van der Waals surface area contributed by atoms with Gasteiger partial charge in [-0.15, -0.1) is 0 Å². The first-order chi connectivity index (χ1) is 16.1. The van der Waals surface area contributed by atoms with Crippen molar-refractivity contribution in [2.75, 3.05) is 12.4 Å². The zero-order chi connectivity index (χ0) is 23.2. The Morgan fingerprint density at radius 1 is 1.00 bits per heavy atom. The fourth-order valence-corrected chi connectivity index (χ4v) is 3.61. The van der Waals surface area contributed by atoms with Crippen LogP contribution >= 0.6 is 0 Å². The maximum absolute atomic E-state index is 12.5. The Kier molecular flexibility index (Phi) is 6.74. The Hall–Kier alpha value is -4.06. The Morgan fingerprint density at radius 2 is 1.76 bits per heavy atom. The first kappa shape index (κ1) is 22.1. The number of carbonyl (C=O) groups excluding carboxylic acids is 1. The molecule has 1 heterocycles. The molecule has 0 atom stereocenters. The highest BCUT2D eigenvalue weighted by atomic mass is 16.5. The molecule has 0 fully saturated rings. The van der Waals surface area contributed by atoms with E-state index in [9.17, 15) is 9.90 Å². The summed E-state index contributed by atoms with van der Waals surface area (Å²) in [6, 6.07) is 22.2. The molecule has 0 aliphatic heterocycles. The second kappa shape index (κ2) is 10.0. The Labute approximate surface area is 192 Å². The number of nitrogens with zero attached hydrogens (tertiary/aromatic N) is 1. The molecule has 2 N–H and O–H groups in total. The van der Waals surface area contributed by atoms with Gasteiger partial charge in [0, 0.05) is 17.5 Å². The van der Waals surface area contributed by atoms with Crippen molar-refractivity contribution in [3.05, 3.63) is 72.8 Å². The summed E-state index contributed by atoms with van der Waals surface area (Å²) in [6.45, 7) is 2.04. The molecule has 0 aliphatic carbocycles. The molecule has 0 aliphatic rings. The molecule has 0 radical (unpaired) electrons. The molecule has 0 saturated carbocycles. The van der Waals surface area contributed by atoms with Crippen molar-refractivity contribution in [1.82, 2.24) is 4.98 Å². The Balaban J connectivity index is 1.81. The number of benzene rings is 3. The van der Waals surface area contributed by atoms with E-state index in [0.29, 0.717) is 29.6 Å². The van der Waals surface area contributed by atoms with Crippen LogP contribution in [-0.4, -0.2) is 23.1 Å².